The maximum Gasteiger partial charge on any atom is 0.265 e. The molecule has 1 saturated heterocycles. The molecule has 38 heavy (non-hydrogen) atoms. The molecule has 7 nitrogen and oxygen atoms in total. The van der Waals surface area contributed by atoms with Crippen LogP contribution < -0.4 is 20.5 Å². The molecule has 4 bridgehead atoms. The molecule has 1 amide bonds. The van der Waals surface area contributed by atoms with Gasteiger partial charge in [0.25, 0.3) is 5.91 Å². The molecule has 196 valence electrons. The van der Waals surface area contributed by atoms with E-state index in [1.807, 2.05) is 48.5 Å². The molecule has 0 spiro atoms. The van der Waals surface area contributed by atoms with Crippen molar-refractivity contribution in [2.45, 2.75) is 75.9 Å². The molecule has 9 heteroatoms. The van der Waals surface area contributed by atoms with Crippen molar-refractivity contribution in [2.24, 2.45) is 5.92 Å². The lowest BCUT2D eigenvalue weighted by atomic mass is 9.90. The molecule has 2 aliphatic rings. The smallest absolute Gasteiger partial charge is 0.265 e. The Labute approximate surface area is 231 Å². The van der Waals surface area contributed by atoms with Gasteiger partial charge in [0.05, 0.1) is 17.3 Å². The highest BCUT2D eigenvalue weighted by Crippen LogP contribution is 2.41. The van der Waals surface area contributed by atoms with Crippen LogP contribution in [0.4, 0.5) is 11.6 Å². The van der Waals surface area contributed by atoms with Gasteiger partial charge < -0.3 is 10.2 Å². The number of nitrogens with zero attached hydrogens (tertiary/aromatic N) is 4. The zero-order valence-electron chi connectivity index (χ0n) is 22.8. The van der Waals surface area contributed by atoms with E-state index in [-0.39, 0.29) is 22.9 Å². The summed E-state index contributed by atoms with van der Waals surface area (Å²) >= 11 is 1.21. The van der Waals surface area contributed by atoms with E-state index >= 15 is 0 Å². The van der Waals surface area contributed by atoms with Gasteiger partial charge in [-0.2, -0.15) is 0 Å². The number of fused-ring (bicyclic) bond motifs is 6. The molecule has 5 heterocycles. The van der Waals surface area contributed by atoms with Gasteiger partial charge in [-0.3, -0.25) is 14.5 Å². The Morgan fingerprint density at radius 3 is 2.58 bits per heavy atom. The molecular formula is C29H35BN6OS. The Balaban J connectivity index is 1.56. The van der Waals surface area contributed by atoms with Crippen molar-refractivity contribution in [3.8, 4) is 0 Å². The average Bonchev–Trinajstić information content (AvgIpc) is 3.17. The topological polar surface area (TPSA) is 83.0 Å². The molecule has 1 unspecified atom stereocenters. The van der Waals surface area contributed by atoms with Crippen molar-refractivity contribution in [1.29, 1.82) is 0 Å². The number of nitrogens with one attached hydrogen (secondary N) is 2. The summed E-state index contributed by atoms with van der Waals surface area (Å²) in [7, 11) is 6.04. The van der Waals surface area contributed by atoms with Crippen LogP contribution in [0.15, 0.2) is 53.6 Å². The van der Waals surface area contributed by atoms with Crippen molar-refractivity contribution in [2.75, 3.05) is 16.8 Å². The minimum atomic E-state index is -0.172. The van der Waals surface area contributed by atoms with Crippen LogP contribution in [0.2, 0.25) is 0 Å². The Morgan fingerprint density at radius 1 is 1.03 bits per heavy atom. The molecule has 0 aromatic carbocycles. The van der Waals surface area contributed by atoms with E-state index in [0.29, 0.717) is 22.1 Å². The zero-order chi connectivity index (χ0) is 27.1. The number of carbonyl (C=O) groups is 1. The van der Waals surface area contributed by atoms with Gasteiger partial charge in [0, 0.05) is 35.1 Å². The largest absolute Gasteiger partial charge is 0.362 e. The van der Waals surface area contributed by atoms with Crippen LogP contribution in [0, 0.1) is 5.92 Å². The van der Waals surface area contributed by atoms with E-state index in [1.165, 1.54) is 11.9 Å². The van der Waals surface area contributed by atoms with Crippen LogP contribution in [-0.4, -0.2) is 40.8 Å². The van der Waals surface area contributed by atoms with E-state index < -0.39 is 0 Å². The first-order valence-corrected chi connectivity index (χ1v) is 14.0. The summed E-state index contributed by atoms with van der Waals surface area (Å²) in [5.74, 6) is 1.75. The third-order valence-corrected chi connectivity index (χ3v) is 8.13. The van der Waals surface area contributed by atoms with Crippen molar-refractivity contribution < 1.29 is 4.79 Å². The van der Waals surface area contributed by atoms with Gasteiger partial charge in [0.1, 0.15) is 24.5 Å². The maximum absolute atomic E-state index is 13.5. The highest BCUT2D eigenvalue weighted by Gasteiger charge is 2.41. The van der Waals surface area contributed by atoms with E-state index in [2.05, 4.69) is 54.5 Å². The first-order chi connectivity index (χ1) is 18.0. The molecule has 2 N–H and O–H groups in total. The molecule has 0 saturated carbocycles. The Kier molecular flexibility index (Phi) is 7.16. The first kappa shape index (κ1) is 26.5. The van der Waals surface area contributed by atoms with Crippen LogP contribution in [0.1, 0.15) is 81.7 Å². The highest BCUT2D eigenvalue weighted by molar-refractivity contribution is 7.97. The molecule has 1 fully saturated rings. The Bertz CT molecular complexity index is 1340. The molecule has 2 atom stereocenters. The van der Waals surface area contributed by atoms with Gasteiger partial charge >= 0.3 is 0 Å². The molecule has 5 rings (SSSR count). The molecule has 2 aliphatic heterocycles. The van der Waals surface area contributed by atoms with Crippen molar-refractivity contribution >= 4 is 42.9 Å². The summed E-state index contributed by atoms with van der Waals surface area (Å²) in [5, 5.41) is 4.28. The Morgan fingerprint density at radius 2 is 1.82 bits per heavy atom. The normalized spacial score (nSPS) is 21.5. The number of pyridine rings is 3. The standard InChI is InChI=1S/C29H35BN6OS/c1-28(2,3)22-15-13-19-26(33-22)36-17-18(16-29(36,4)5)12-14-21(20-8-6-9-23(30)31-20)32-24-10-7-11-25(34-24)38-35-27(19)37/h6-11,13,15,18,21H,12,14,16-17H2,1-5H3,(H,32,34)(H,35,37)/t18?,21-/m0/s1. The summed E-state index contributed by atoms with van der Waals surface area (Å²) in [6.45, 7) is 11.8. The minimum Gasteiger partial charge on any atom is -0.362 e. The number of hydrogen-bond acceptors (Lipinski definition) is 7. The summed E-state index contributed by atoms with van der Waals surface area (Å²) in [4.78, 5) is 30.3. The third-order valence-electron chi connectivity index (χ3n) is 7.41. The van der Waals surface area contributed by atoms with Crippen LogP contribution in [0.25, 0.3) is 0 Å². The van der Waals surface area contributed by atoms with Gasteiger partial charge in [-0.25, -0.2) is 9.97 Å². The number of carbonyl (C=O) groups excluding carboxylic acids is 1. The van der Waals surface area contributed by atoms with Crippen molar-refractivity contribution in [1.82, 2.24) is 19.7 Å². The van der Waals surface area contributed by atoms with Gasteiger partial charge in [0.15, 0.2) is 0 Å². The third kappa shape index (κ3) is 5.67. The molecular weight excluding hydrogens is 491 g/mol. The van der Waals surface area contributed by atoms with Gasteiger partial charge in [-0.1, -0.05) is 39.0 Å². The predicted molar refractivity (Wildman–Crippen MR) is 155 cm³/mol. The second-order valence-electron chi connectivity index (χ2n) is 12.0. The van der Waals surface area contributed by atoms with Crippen LogP contribution in [0.3, 0.4) is 0 Å². The van der Waals surface area contributed by atoms with Crippen LogP contribution in [-0.2, 0) is 5.41 Å². The number of aromatic nitrogens is 3. The second kappa shape index (κ2) is 10.2. The summed E-state index contributed by atoms with van der Waals surface area (Å²) in [6.07, 6.45) is 2.88. The van der Waals surface area contributed by atoms with E-state index in [4.69, 9.17) is 17.8 Å². The lowest BCUT2D eigenvalue weighted by Gasteiger charge is -2.34. The van der Waals surface area contributed by atoms with Crippen molar-refractivity contribution in [3.63, 3.8) is 0 Å². The Hall–Kier alpha value is -3.07. The van der Waals surface area contributed by atoms with Crippen LogP contribution >= 0.6 is 11.9 Å². The van der Waals surface area contributed by atoms with Gasteiger partial charge in [0.2, 0.25) is 0 Å². The van der Waals surface area contributed by atoms with E-state index in [9.17, 15) is 4.79 Å². The molecule has 0 aliphatic carbocycles. The fourth-order valence-corrected chi connectivity index (χ4v) is 6.04. The fraction of sp³-hybridized carbons (Fsp3) is 0.448. The molecule has 3 aromatic rings. The monoisotopic (exact) mass is 526 g/mol. The summed E-state index contributed by atoms with van der Waals surface area (Å²) < 4.78 is 3.00. The zero-order valence-corrected chi connectivity index (χ0v) is 23.6. The maximum atomic E-state index is 13.5. The van der Waals surface area contributed by atoms with Gasteiger partial charge in [-0.15, -0.1) is 0 Å². The lowest BCUT2D eigenvalue weighted by molar-refractivity contribution is 0.0984. The highest BCUT2D eigenvalue weighted by atomic mass is 32.2. The number of amides is 1. The lowest BCUT2D eigenvalue weighted by Crippen LogP contribution is -2.40. The number of anilines is 2. The van der Waals surface area contributed by atoms with E-state index in [0.717, 1.165) is 48.8 Å². The average molecular weight is 527 g/mol. The first-order valence-electron chi connectivity index (χ1n) is 13.2. The quantitative estimate of drug-likeness (QED) is 0.343. The minimum absolute atomic E-state index is 0.0407. The molecule has 3 aromatic heterocycles. The van der Waals surface area contributed by atoms with Crippen molar-refractivity contribution in [3.05, 3.63) is 65.5 Å². The second-order valence-corrected chi connectivity index (χ2v) is 12.8. The van der Waals surface area contributed by atoms with Crippen LogP contribution in [0.5, 0.6) is 0 Å². The summed E-state index contributed by atoms with van der Waals surface area (Å²) in [6, 6.07) is 15.4. The SMILES string of the molecule is [B]c1cccc([C@@H]2CCC3CN(c4nc(C(C)(C)C)ccc4C(=O)NSc4cccc(n4)N2)C(C)(C)C3)n1. The number of rotatable bonds is 1. The summed E-state index contributed by atoms with van der Waals surface area (Å²) in [5.41, 5.74) is 2.70. The van der Waals surface area contributed by atoms with E-state index in [1.54, 1.807) is 0 Å². The fourth-order valence-electron chi connectivity index (χ4n) is 5.45. The predicted octanol–water partition coefficient (Wildman–Crippen LogP) is 4.95. The number of hydrogen-bond donors (Lipinski definition) is 2. The molecule has 2 radical (unpaired) electrons. The van der Waals surface area contributed by atoms with Gasteiger partial charge in [-0.05, 0) is 75.0 Å².